The van der Waals surface area contributed by atoms with Crippen molar-refractivity contribution in [2.75, 3.05) is 0 Å². The van der Waals surface area contributed by atoms with Gasteiger partial charge in [0.2, 0.25) is 0 Å². The van der Waals surface area contributed by atoms with E-state index < -0.39 is 29.6 Å². The average molecular weight is 340 g/mol. The van der Waals surface area contributed by atoms with Gasteiger partial charge in [-0.2, -0.15) is 13.2 Å². The highest BCUT2D eigenvalue weighted by molar-refractivity contribution is 5.97. The third-order valence-corrected chi connectivity index (χ3v) is 3.93. The summed E-state index contributed by atoms with van der Waals surface area (Å²) in [4.78, 5) is 24.3. The van der Waals surface area contributed by atoms with E-state index in [2.05, 4.69) is 0 Å². The second-order valence-corrected chi connectivity index (χ2v) is 6.05. The van der Waals surface area contributed by atoms with Gasteiger partial charge in [0.25, 0.3) is 5.56 Å². The molecule has 0 saturated carbocycles. The molecule has 0 aliphatic rings. The summed E-state index contributed by atoms with van der Waals surface area (Å²) in [7, 11) is 0. The van der Waals surface area contributed by atoms with Crippen molar-refractivity contribution >= 4 is 5.78 Å². The number of nitrogens with zero attached hydrogens (tertiary/aromatic N) is 2. The monoisotopic (exact) mass is 340 g/mol. The van der Waals surface area contributed by atoms with Crippen molar-refractivity contribution in [1.29, 1.82) is 0 Å². The molecule has 24 heavy (non-hydrogen) atoms. The van der Waals surface area contributed by atoms with Gasteiger partial charge in [-0.3, -0.25) is 9.59 Å². The summed E-state index contributed by atoms with van der Waals surface area (Å²) in [5.74, 6) is -0.392. The van der Waals surface area contributed by atoms with E-state index in [0.717, 1.165) is 22.0 Å². The number of carbonyl (C=O) groups is 1. The van der Waals surface area contributed by atoms with Gasteiger partial charge in [0.05, 0.1) is 12.1 Å². The molecular formula is C17H19F3N2O2. The molecule has 7 heteroatoms. The van der Waals surface area contributed by atoms with Crippen LogP contribution < -0.4 is 5.56 Å². The third-order valence-electron chi connectivity index (χ3n) is 3.93. The first kappa shape index (κ1) is 18.0. The normalized spacial score (nSPS) is 12.0. The number of pyridine rings is 1. The van der Waals surface area contributed by atoms with Crippen molar-refractivity contribution in [3.05, 3.63) is 57.3 Å². The minimum atomic E-state index is -4.56. The Kier molecular flexibility index (Phi) is 4.73. The molecule has 0 spiro atoms. The molecule has 0 fully saturated rings. The highest BCUT2D eigenvalue weighted by atomic mass is 19.4. The van der Waals surface area contributed by atoms with Gasteiger partial charge in [-0.05, 0) is 39.8 Å². The van der Waals surface area contributed by atoms with E-state index in [1.807, 2.05) is 25.3 Å². The Morgan fingerprint density at radius 3 is 2.33 bits per heavy atom. The quantitative estimate of drug-likeness (QED) is 0.796. The molecule has 2 aromatic rings. The lowest BCUT2D eigenvalue weighted by atomic mass is 10.1. The predicted molar refractivity (Wildman–Crippen MR) is 84.3 cm³/mol. The Labute approximate surface area is 137 Å². The summed E-state index contributed by atoms with van der Waals surface area (Å²) in [5, 5.41) is 0. The van der Waals surface area contributed by atoms with Crippen molar-refractivity contribution in [1.82, 2.24) is 9.13 Å². The van der Waals surface area contributed by atoms with Gasteiger partial charge in [0.15, 0.2) is 5.78 Å². The summed E-state index contributed by atoms with van der Waals surface area (Å²) in [6.07, 6.45) is -3.88. The zero-order chi connectivity index (χ0) is 18.2. The van der Waals surface area contributed by atoms with Crippen LogP contribution in [-0.2, 0) is 12.7 Å². The number of aryl methyl sites for hydroxylation is 1. The van der Waals surface area contributed by atoms with Crippen LogP contribution in [0.2, 0.25) is 0 Å². The van der Waals surface area contributed by atoms with E-state index in [0.29, 0.717) is 17.8 Å². The Bertz CT molecular complexity index is 829. The minimum Gasteiger partial charge on any atom is -0.346 e. The molecule has 2 heterocycles. The van der Waals surface area contributed by atoms with Crippen LogP contribution in [0.15, 0.2) is 29.2 Å². The number of hydrogen-bond donors (Lipinski definition) is 0. The number of carbonyl (C=O) groups excluding carboxylic acids is 1. The number of hydrogen-bond acceptors (Lipinski definition) is 2. The van der Waals surface area contributed by atoms with Crippen LogP contribution in [0.3, 0.4) is 0 Å². The van der Waals surface area contributed by atoms with Crippen molar-refractivity contribution in [2.24, 2.45) is 0 Å². The molecule has 2 rings (SSSR count). The molecule has 0 aromatic carbocycles. The molecule has 0 bridgehead atoms. The number of rotatable bonds is 4. The molecule has 0 saturated heterocycles. The van der Waals surface area contributed by atoms with E-state index in [9.17, 15) is 22.8 Å². The first-order valence-electron chi connectivity index (χ1n) is 7.51. The van der Waals surface area contributed by atoms with Gasteiger partial charge in [0.1, 0.15) is 0 Å². The maximum atomic E-state index is 12.8. The molecule has 0 aliphatic heterocycles. The highest BCUT2D eigenvalue weighted by Crippen LogP contribution is 2.28. The molecular weight excluding hydrogens is 321 g/mol. The second kappa shape index (κ2) is 6.30. The Hall–Kier alpha value is -2.31. The number of ketones is 1. The predicted octanol–water partition coefficient (Wildman–Crippen LogP) is 3.75. The molecule has 130 valence electrons. The SMILES string of the molecule is Cc1cc(C(=O)Cn2cc(C(F)(F)F)ccc2=O)c(C)n1C(C)C. The van der Waals surface area contributed by atoms with Gasteiger partial charge in [0, 0.05) is 35.3 Å². The third kappa shape index (κ3) is 3.44. The van der Waals surface area contributed by atoms with Crippen molar-refractivity contribution in [3.8, 4) is 0 Å². The number of halogens is 3. The smallest absolute Gasteiger partial charge is 0.346 e. The largest absolute Gasteiger partial charge is 0.417 e. The van der Waals surface area contributed by atoms with E-state index in [4.69, 9.17) is 0 Å². The minimum absolute atomic E-state index is 0.155. The molecule has 2 aromatic heterocycles. The van der Waals surface area contributed by atoms with Gasteiger partial charge in [-0.1, -0.05) is 0 Å². The van der Waals surface area contributed by atoms with Crippen LogP contribution in [0.25, 0.3) is 0 Å². The lowest BCUT2D eigenvalue weighted by Crippen LogP contribution is -2.25. The van der Waals surface area contributed by atoms with E-state index in [-0.39, 0.29) is 6.04 Å². The van der Waals surface area contributed by atoms with Crippen LogP contribution in [0.1, 0.15) is 47.2 Å². The molecule has 0 radical (unpaired) electrons. The van der Waals surface area contributed by atoms with Gasteiger partial charge in [-0.25, -0.2) is 0 Å². The highest BCUT2D eigenvalue weighted by Gasteiger charge is 2.31. The average Bonchev–Trinajstić information content (AvgIpc) is 2.75. The van der Waals surface area contributed by atoms with Crippen LogP contribution in [0.5, 0.6) is 0 Å². The summed E-state index contributed by atoms with van der Waals surface area (Å²) in [6, 6.07) is 3.40. The molecule has 0 unspecified atom stereocenters. The van der Waals surface area contributed by atoms with Crippen LogP contribution in [0.4, 0.5) is 13.2 Å². The Morgan fingerprint density at radius 1 is 1.21 bits per heavy atom. The maximum Gasteiger partial charge on any atom is 0.417 e. The number of alkyl halides is 3. The molecule has 0 amide bonds. The summed E-state index contributed by atoms with van der Waals surface area (Å²) < 4.78 is 41.1. The van der Waals surface area contributed by atoms with Crippen molar-refractivity contribution in [2.45, 2.75) is 46.5 Å². The second-order valence-electron chi connectivity index (χ2n) is 6.05. The molecule has 0 N–H and O–H groups in total. The van der Waals surface area contributed by atoms with Gasteiger partial charge < -0.3 is 9.13 Å². The number of aromatic nitrogens is 2. The fourth-order valence-corrected chi connectivity index (χ4v) is 2.92. The fraction of sp³-hybridized carbons (Fsp3) is 0.412. The number of Topliss-reactive ketones (excluding diaryl/α,β-unsaturated/α-hetero) is 1. The van der Waals surface area contributed by atoms with E-state index in [1.165, 1.54) is 0 Å². The lowest BCUT2D eigenvalue weighted by Gasteiger charge is -2.14. The van der Waals surface area contributed by atoms with Crippen LogP contribution >= 0.6 is 0 Å². The summed E-state index contributed by atoms with van der Waals surface area (Å²) in [5.41, 5.74) is 0.455. The molecule has 0 aliphatic carbocycles. The molecule has 4 nitrogen and oxygen atoms in total. The van der Waals surface area contributed by atoms with Gasteiger partial charge in [-0.15, -0.1) is 0 Å². The van der Waals surface area contributed by atoms with Crippen LogP contribution in [0, 0.1) is 13.8 Å². The van der Waals surface area contributed by atoms with E-state index >= 15 is 0 Å². The Balaban J connectivity index is 2.38. The van der Waals surface area contributed by atoms with Crippen molar-refractivity contribution in [3.63, 3.8) is 0 Å². The summed E-state index contributed by atoms with van der Waals surface area (Å²) >= 11 is 0. The topological polar surface area (TPSA) is 44.0 Å². The first-order valence-corrected chi connectivity index (χ1v) is 7.51. The first-order chi connectivity index (χ1) is 11.0. The van der Waals surface area contributed by atoms with Crippen molar-refractivity contribution < 1.29 is 18.0 Å². The van der Waals surface area contributed by atoms with Crippen LogP contribution in [-0.4, -0.2) is 14.9 Å². The summed E-state index contributed by atoms with van der Waals surface area (Å²) in [6.45, 7) is 7.18. The maximum absolute atomic E-state index is 12.8. The van der Waals surface area contributed by atoms with E-state index in [1.54, 1.807) is 13.0 Å². The Morgan fingerprint density at radius 2 is 1.83 bits per heavy atom. The fourth-order valence-electron chi connectivity index (χ4n) is 2.92. The molecule has 0 atom stereocenters. The lowest BCUT2D eigenvalue weighted by molar-refractivity contribution is -0.138. The van der Waals surface area contributed by atoms with Gasteiger partial charge >= 0.3 is 6.18 Å². The zero-order valence-corrected chi connectivity index (χ0v) is 13.9. The standard InChI is InChI=1S/C17H19F3N2O2/c1-10(2)22-11(3)7-14(12(22)4)15(23)9-21-8-13(17(18,19)20)5-6-16(21)24/h5-8,10H,9H2,1-4H3. The zero-order valence-electron chi connectivity index (χ0n) is 13.9.